The van der Waals surface area contributed by atoms with Gasteiger partial charge in [0.1, 0.15) is 5.82 Å². The van der Waals surface area contributed by atoms with Crippen molar-refractivity contribution in [3.05, 3.63) is 77.9 Å². The SMILES string of the molecule is CC(Sc1nnc(CN2CCCC2)n1Cc1ccccc1)c1nnc(-c2ccccc2)o1. The number of rotatable bonds is 8. The molecule has 0 aliphatic carbocycles. The average molecular weight is 447 g/mol. The van der Waals surface area contributed by atoms with Crippen molar-refractivity contribution in [1.82, 2.24) is 29.9 Å². The summed E-state index contributed by atoms with van der Waals surface area (Å²) in [6.07, 6.45) is 2.51. The summed E-state index contributed by atoms with van der Waals surface area (Å²) in [5.74, 6) is 2.12. The lowest BCUT2D eigenvalue weighted by Crippen LogP contribution is -2.21. The lowest BCUT2D eigenvalue weighted by molar-refractivity contribution is 0.316. The second kappa shape index (κ2) is 9.67. The highest BCUT2D eigenvalue weighted by Crippen LogP contribution is 2.35. The van der Waals surface area contributed by atoms with Gasteiger partial charge in [-0.05, 0) is 50.6 Å². The lowest BCUT2D eigenvalue weighted by atomic mass is 10.2. The molecule has 2 aromatic heterocycles. The van der Waals surface area contributed by atoms with E-state index in [1.165, 1.54) is 18.4 Å². The molecule has 8 heteroatoms. The third-order valence-corrected chi connectivity index (χ3v) is 6.70. The van der Waals surface area contributed by atoms with E-state index >= 15 is 0 Å². The summed E-state index contributed by atoms with van der Waals surface area (Å²) in [6, 6.07) is 20.3. The topological polar surface area (TPSA) is 72.9 Å². The Kier molecular flexibility index (Phi) is 6.31. The van der Waals surface area contributed by atoms with Crippen molar-refractivity contribution in [2.75, 3.05) is 13.1 Å². The van der Waals surface area contributed by atoms with Crippen molar-refractivity contribution >= 4 is 11.8 Å². The summed E-state index contributed by atoms with van der Waals surface area (Å²) >= 11 is 1.60. The third-order valence-electron chi connectivity index (χ3n) is 5.63. The van der Waals surface area contributed by atoms with Gasteiger partial charge in [-0.2, -0.15) is 0 Å². The van der Waals surface area contributed by atoms with Gasteiger partial charge in [0.25, 0.3) is 0 Å². The molecule has 1 aliphatic rings. The monoisotopic (exact) mass is 446 g/mol. The zero-order chi connectivity index (χ0) is 21.8. The van der Waals surface area contributed by atoms with E-state index in [0.29, 0.717) is 11.8 Å². The fraction of sp³-hybridized carbons (Fsp3) is 0.333. The molecule has 0 N–H and O–H groups in total. The number of hydrogen-bond acceptors (Lipinski definition) is 7. The van der Waals surface area contributed by atoms with Gasteiger partial charge in [-0.1, -0.05) is 60.3 Å². The van der Waals surface area contributed by atoms with Crippen LogP contribution in [0.3, 0.4) is 0 Å². The molecule has 32 heavy (non-hydrogen) atoms. The number of nitrogens with zero attached hydrogens (tertiary/aromatic N) is 6. The first-order valence-corrected chi connectivity index (χ1v) is 11.9. The minimum absolute atomic E-state index is 0.0432. The Morgan fingerprint density at radius 1 is 0.875 bits per heavy atom. The van der Waals surface area contributed by atoms with Crippen LogP contribution in [0.4, 0.5) is 0 Å². The van der Waals surface area contributed by atoms with Crippen LogP contribution < -0.4 is 0 Å². The van der Waals surface area contributed by atoms with Crippen molar-refractivity contribution < 1.29 is 4.42 Å². The minimum Gasteiger partial charge on any atom is -0.419 e. The summed E-state index contributed by atoms with van der Waals surface area (Å²) in [6.45, 7) is 5.88. The molecule has 0 radical (unpaired) electrons. The molecular formula is C24H26N6OS. The summed E-state index contributed by atoms with van der Waals surface area (Å²) in [4.78, 5) is 2.45. The first-order chi connectivity index (χ1) is 15.8. The van der Waals surface area contributed by atoms with Gasteiger partial charge < -0.3 is 8.98 Å². The van der Waals surface area contributed by atoms with Crippen LogP contribution in [-0.2, 0) is 13.1 Å². The maximum atomic E-state index is 5.97. The molecule has 1 saturated heterocycles. The lowest BCUT2D eigenvalue weighted by Gasteiger charge is -2.16. The van der Waals surface area contributed by atoms with Gasteiger partial charge in [-0.25, -0.2) is 0 Å². The highest BCUT2D eigenvalue weighted by molar-refractivity contribution is 7.99. The van der Waals surface area contributed by atoms with E-state index in [1.807, 2.05) is 36.4 Å². The second-order valence-electron chi connectivity index (χ2n) is 8.03. The van der Waals surface area contributed by atoms with Crippen LogP contribution in [0.1, 0.15) is 42.3 Å². The average Bonchev–Trinajstić information content (AvgIpc) is 3.59. The van der Waals surface area contributed by atoms with Crippen molar-refractivity contribution in [1.29, 1.82) is 0 Å². The summed E-state index contributed by atoms with van der Waals surface area (Å²) in [7, 11) is 0. The zero-order valence-corrected chi connectivity index (χ0v) is 18.9. The standard InChI is InChI=1S/C24H26N6OS/c1-18(22-26-27-23(31-22)20-12-6-3-7-13-20)32-24-28-25-21(17-29-14-8-9-15-29)30(24)16-19-10-4-2-5-11-19/h2-7,10-13,18H,8-9,14-17H2,1H3. The van der Waals surface area contributed by atoms with E-state index in [1.54, 1.807) is 11.8 Å². The molecule has 5 rings (SSSR count). The van der Waals surface area contributed by atoms with Gasteiger partial charge >= 0.3 is 0 Å². The molecule has 1 aliphatic heterocycles. The van der Waals surface area contributed by atoms with Crippen LogP contribution in [0.25, 0.3) is 11.5 Å². The Labute approximate surface area is 191 Å². The Bertz CT molecular complexity index is 1140. The van der Waals surface area contributed by atoms with Crippen molar-refractivity contribution in [3.63, 3.8) is 0 Å². The molecule has 0 saturated carbocycles. The molecule has 0 bridgehead atoms. The Balaban J connectivity index is 1.37. The van der Waals surface area contributed by atoms with E-state index in [4.69, 9.17) is 4.42 Å². The molecule has 164 valence electrons. The summed E-state index contributed by atoms with van der Waals surface area (Å²) < 4.78 is 8.19. The number of likely N-dealkylation sites (tertiary alicyclic amines) is 1. The summed E-state index contributed by atoms with van der Waals surface area (Å²) in [5.41, 5.74) is 2.15. The fourth-order valence-electron chi connectivity index (χ4n) is 3.89. The predicted octanol–water partition coefficient (Wildman–Crippen LogP) is 4.83. The van der Waals surface area contributed by atoms with Gasteiger partial charge in [-0.3, -0.25) is 4.90 Å². The first-order valence-electron chi connectivity index (χ1n) is 11.0. The van der Waals surface area contributed by atoms with Crippen LogP contribution in [0, 0.1) is 0 Å². The Morgan fingerprint density at radius 2 is 1.59 bits per heavy atom. The number of thioether (sulfide) groups is 1. The van der Waals surface area contributed by atoms with Crippen molar-refractivity contribution in [2.24, 2.45) is 0 Å². The van der Waals surface area contributed by atoms with E-state index in [9.17, 15) is 0 Å². The molecule has 2 aromatic carbocycles. The van der Waals surface area contributed by atoms with Gasteiger partial charge in [0.15, 0.2) is 5.16 Å². The number of aromatic nitrogens is 5. The molecule has 1 unspecified atom stereocenters. The maximum absolute atomic E-state index is 5.97. The van der Waals surface area contributed by atoms with E-state index < -0.39 is 0 Å². The normalized spacial score (nSPS) is 15.3. The van der Waals surface area contributed by atoms with Crippen LogP contribution in [0.15, 0.2) is 70.2 Å². The predicted molar refractivity (Wildman–Crippen MR) is 124 cm³/mol. The summed E-state index contributed by atoms with van der Waals surface area (Å²) in [5, 5.41) is 18.5. The molecule has 0 amide bonds. The van der Waals surface area contributed by atoms with E-state index in [2.05, 4.69) is 61.1 Å². The van der Waals surface area contributed by atoms with Crippen molar-refractivity contribution in [3.8, 4) is 11.5 Å². The highest BCUT2D eigenvalue weighted by Gasteiger charge is 2.23. The molecule has 1 fully saturated rings. The van der Waals surface area contributed by atoms with Crippen LogP contribution in [-0.4, -0.2) is 43.0 Å². The van der Waals surface area contributed by atoms with Crippen LogP contribution in [0.2, 0.25) is 0 Å². The van der Waals surface area contributed by atoms with Gasteiger partial charge in [-0.15, -0.1) is 20.4 Å². The molecular weight excluding hydrogens is 420 g/mol. The van der Waals surface area contributed by atoms with E-state index in [0.717, 1.165) is 42.7 Å². The quantitative estimate of drug-likeness (QED) is 0.359. The maximum Gasteiger partial charge on any atom is 0.247 e. The molecule has 1 atom stereocenters. The first kappa shape index (κ1) is 20.9. The highest BCUT2D eigenvalue weighted by atomic mass is 32.2. The minimum atomic E-state index is -0.0432. The van der Waals surface area contributed by atoms with Crippen molar-refractivity contribution in [2.45, 2.75) is 43.3 Å². The molecule has 4 aromatic rings. The Morgan fingerprint density at radius 3 is 2.34 bits per heavy atom. The van der Waals surface area contributed by atoms with Crippen LogP contribution in [0.5, 0.6) is 0 Å². The fourth-order valence-corrected chi connectivity index (χ4v) is 4.79. The van der Waals surface area contributed by atoms with Gasteiger partial charge in [0.2, 0.25) is 11.8 Å². The largest absolute Gasteiger partial charge is 0.419 e. The number of hydrogen-bond donors (Lipinski definition) is 0. The van der Waals surface area contributed by atoms with Gasteiger partial charge in [0, 0.05) is 5.56 Å². The zero-order valence-electron chi connectivity index (χ0n) is 18.1. The Hall–Kier alpha value is -2.97. The second-order valence-corrected chi connectivity index (χ2v) is 9.33. The molecule has 7 nitrogen and oxygen atoms in total. The third kappa shape index (κ3) is 4.76. The molecule has 3 heterocycles. The van der Waals surface area contributed by atoms with E-state index in [-0.39, 0.29) is 5.25 Å². The smallest absolute Gasteiger partial charge is 0.247 e. The number of benzene rings is 2. The van der Waals surface area contributed by atoms with Gasteiger partial charge in [0.05, 0.1) is 18.3 Å². The molecule has 0 spiro atoms. The van der Waals surface area contributed by atoms with Crippen LogP contribution >= 0.6 is 11.8 Å².